The molecule has 0 radical (unpaired) electrons. The Bertz CT molecular complexity index is 2880. The van der Waals surface area contributed by atoms with Crippen LogP contribution in [-0.2, 0) is 5.41 Å². The molecule has 0 aliphatic heterocycles. The van der Waals surface area contributed by atoms with Crippen LogP contribution >= 0.6 is 0 Å². The molecule has 0 saturated heterocycles. The Hall–Kier alpha value is -6.64. The van der Waals surface area contributed by atoms with E-state index in [9.17, 15) is 0 Å². The Morgan fingerprint density at radius 1 is 0.400 bits per heavy atom. The number of nitrogens with zero attached hydrogens (tertiary/aromatic N) is 2. The highest BCUT2D eigenvalue weighted by molar-refractivity contribution is 6.10. The minimum atomic E-state index is -0.0339. The maximum atomic E-state index is 2.41. The lowest BCUT2D eigenvalue weighted by atomic mass is 9.81. The van der Waals surface area contributed by atoms with Crippen molar-refractivity contribution in [3.63, 3.8) is 0 Å². The van der Waals surface area contributed by atoms with Gasteiger partial charge in [-0.15, -0.1) is 0 Å². The minimum absolute atomic E-state index is 0.0339. The number of benzene rings is 8. The Kier molecular flexibility index (Phi) is 7.64. The van der Waals surface area contributed by atoms with Crippen LogP contribution in [0.15, 0.2) is 182 Å². The molecule has 55 heavy (non-hydrogen) atoms. The number of hydrogen-bond donors (Lipinski definition) is 0. The second kappa shape index (κ2) is 12.7. The largest absolute Gasteiger partial charge is 0.311 e. The first kappa shape index (κ1) is 33.0. The number of anilines is 3. The third-order valence-electron chi connectivity index (χ3n) is 11.7. The summed E-state index contributed by atoms with van der Waals surface area (Å²) in [7, 11) is 0. The normalized spacial score (nSPS) is 12.9. The van der Waals surface area contributed by atoms with Crippen molar-refractivity contribution in [1.29, 1.82) is 0 Å². The van der Waals surface area contributed by atoms with Crippen LogP contribution in [0.1, 0.15) is 36.1 Å². The molecule has 9 aromatic rings. The number of aromatic nitrogens is 1. The number of aryl methyl sites for hydroxylation is 2. The fraction of sp³-hybridized carbons (Fsp3) is 0.0943. The van der Waals surface area contributed by atoms with Crippen LogP contribution in [0.3, 0.4) is 0 Å². The predicted octanol–water partition coefficient (Wildman–Crippen LogP) is 14.5. The molecule has 0 unspecified atom stereocenters. The summed E-state index contributed by atoms with van der Waals surface area (Å²) in [5.74, 6) is 0. The summed E-state index contributed by atoms with van der Waals surface area (Å²) in [6.45, 7) is 9.05. The molecule has 0 bridgehead atoms. The van der Waals surface area contributed by atoms with Crippen LogP contribution in [0.4, 0.5) is 17.1 Å². The van der Waals surface area contributed by atoms with Crippen molar-refractivity contribution in [2.24, 2.45) is 0 Å². The molecule has 0 atom stereocenters. The van der Waals surface area contributed by atoms with E-state index >= 15 is 0 Å². The summed E-state index contributed by atoms with van der Waals surface area (Å²) in [6.07, 6.45) is 0. The van der Waals surface area contributed by atoms with Crippen molar-refractivity contribution >= 4 is 38.9 Å². The average Bonchev–Trinajstić information content (AvgIpc) is 3.67. The third kappa shape index (κ3) is 5.48. The van der Waals surface area contributed by atoms with Crippen LogP contribution in [0, 0.1) is 13.8 Å². The van der Waals surface area contributed by atoms with Crippen molar-refractivity contribution in [3.05, 3.63) is 204 Å². The molecule has 0 fully saturated rings. The lowest BCUT2D eigenvalue weighted by molar-refractivity contribution is 0.660. The zero-order chi connectivity index (χ0) is 37.3. The van der Waals surface area contributed by atoms with Crippen LogP contribution in [0.25, 0.3) is 60.9 Å². The SMILES string of the molecule is Cc1ccc(N(c2ccc(-c3ccc4c(c3)C(C)(C)c3cc(C)ccc3-4)cc2)c2ccc(-c3ccc4c(c3)c3ccccc3n4-c3ccccc3)cc2)cc1. The predicted molar refractivity (Wildman–Crippen MR) is 233 cm³/mol. The molecule has 1 aliphatic rings. The van der Waals surface area contributed by atoms with Crippen molar-refractivity contribution in [1.82, 2.24) is 4.57 Å². The molecular weight excluding hydrogens is 665 g/mol. The van der Waals surface area contributed by atoms with Gasteiger partial charge in [-0.25, -0.2) is 0 Å². The van der Waals surface area contributed by atoms with Gasteiger partial charge in [0.25, 0.3) is 0 Å². The Labute approximate surface area is 323 Å². The van der Waals surface area contributed by atoms with Gasteiger partial charge >= 0.3 is 0 Å². The highest BCUT2D eigenvalue weighted by Crippen LogP contribution is 2.50. The molecule has 8 aromatic carbocycles. The van der Waals surface area contributed by atoms with Crippen molar-refractivity contribution in [2.75, 3.05) is 4.90 Å². The zero-order valence-corrected chi connectivity index (χ0v) is 31.7. The van der Waals surface area contributed by atoms with E-state index in [1.165, 1.54) is 83.1 Å². The maximum absolute atomic E-state index is 2.41. The lowest BCUT2D eigenvalue weighted by Crippen LogP contribution is -2.15. The Morgan fingerprint density at radius 2 is 0.891 bits per heavy atom. The van der Waals surface area contributed by atoms with Gasteiger partial charge in [0.2, 0.25) is 0 Å². The van der Waals surface area contributed by atoms with E-state index in [1.807, 2.05) is 0 Å². The summed E-state index contributed by atoms with van der Waals surface area (Å²) in [5, 5.41) is 2.52. The number of rotatable bonds is 6. The summed E-state index contributed by atoms with van der Waals surface area (Å²) in [6, 6.07) is 67.0. The van der Waals surface area contributed by atoms with Gasteiger partial charge in [0, 0.05) is 38.9 Å². The number of hydrogen-bond acceptors (Lipinski definition) is 1. The molecule has 10 rings (SSSR count). The molecule has 2 heteroatoms. The third-order valence-corrected chi connectivity index (χ3v) is 11.7. The molecule has 0 amide bonds. The summed E-state index contributed by atoms with van der Waals surface area (Å²) in [4.78, 5) is 2.36. The monoisotopic (exact) mass is 706 g/mol. The first-order valence-corrected chi connectivity index (χ1v) is 19.3. The maximum Gasteiger partial charge on any atom is 0.0541 e. The van der Waals surface area contributed by atoms with E-state index in [0.717, 1.165) is 17.1 Å². The van der Waals surface area contributed by atoms with Crippen LogP contribution in [0.5, 0.6) is 0 Å². The first-order valence-electron chi connectivity index (χ1n) is 19.3. The van der Waals surface area contributed by atoms with Crippen LogP contribution in [0.2, 0.25) is 0 Å². The zero-order valence-electron chi connectivity index (χ0n) is 31.7. The number of para-hydroxylation sites is 2. The quantitative estimate of drug-likeness (QED) is 0.167. The van der Waals surface area contributed by atoms with Crippen LogP contribution in [-0.4, -0.2) is 4.57 Å². The molecule has 1 aliphatic carbocycles. The second-order valence-electron chi connectivity index (χ2n) is 15.6. The highest BCUT2D eigenvalue weighted by Gasteiger charge is 2.35. The standard InChI is InChI=1S/C53H42N2/c1-35-14-23-42(24-15-35)54(44-27-19-38(20-28-44)40-21-30-46-45-29-16-36(2)32-49(45)53(3,4)50(46)34-40)43-25-17-37(18-26-43)39-22-31-52-48(33-39)47-12-8-9-13-51(47)55(52)41-10-6-5-7-11-41/h5-34H,1-4H3. The van der Waals surface area contributed by atoms with E-state index in [-0.39, 0.29) is 5.41 Å². The molecule has 0 saturated carbocycles. The molecule has 264 valence electrons. The first-order chi connectivity index (χ1) is 26.8. The van der Waals surface area contributed by atoms with Crippen LogP contribution < -0.4 is 4.90 Å². The number of fused-ring (bicyclic) bond motifs is 6. The van der Waals surface area contributed by atoms with E-state index in [1.54, 1.807) is 0 Å². The van der Waals surface area contributed by atoms with Gasteiger partial charge in [-0.1, -0.05) is 134 Å². The lowest BCUT2D eigenvalue weighted by Gasteiger charge is -2.26. The molecule has 0 spiro atoms. The highest BCUT2D eigenvalue weighted by atomic mass is 15.1. The summed E-state index contributed by atoms with van der Waals surface area (Å²) >= 11 is 0. The molecule has 0 N–H and O–H groups in total. The molecule has 1 heterocycles. The second-order valence-corrected chi connectivity index (χ2v) is 15.6. The van der Waals surface area contributed by atoms with Gasteiger partial charge in [0.15, 0.2) is 0 Å². The average molecular weight is 707 g/mol. The van der Waals surface area contributed by atoms with E-state index in [0.29, 0.717) is 0 Å². The molecule has 2 nitrogen and oxygen atoms in total. The summed E-state index contributed by atoms with van der Waals surface area (Å²) in [5.41, 5.74) is 19.9. The van der Waals surface area contributed by atoms with Crippen molar-refractivity contribution in [2.45, 2.75) is 33.1 Å². The molecular formula is C53H42N2. The Morgan fingerprint density at radius 3 is 1.56 bits per heavy atom. The van der Waals surface area contributed by atoms with Gasteiger partial charge in [-0.05, 0) is 131 Å². The van der Waals surface area contributed by atoms with E-state index in [4.69, 9.17) is 0 Å². The van der Waals surface area contributed by atoms with Crippen molar-refractivity contribution < 1.29 is 0 Å². The minimum Gasteiger partial charge on any atom is -0.311 e. The van der Waals surface area contributed by atoms with Gasteiger partial charge in [0.1, 0.15) is 0 Å². The fourth-order valence-electron chi connectivity index (χ4n) is 8.79. The van der Waals surface area contributed by atoms with E-state index in [2.05, 4.69) is 219 Å². The van der Waals surface area contributed by atoms with E-state index < -0.39 is 0 Å². The fourth-order valence-corrected chi connectivity index (χ4v) is 8.79. The van der Waals surface area contributed by atoms with Crippen molar-refractivity contribution in [3.8, 4) is 39.1 Å². The van der Waals surface area contributed by atoms with Gasteiger partial charge < -0.3 is 9.47 Å². The van der Waals surface area contributed by atoms with Gasteiger partial charge in [-0.2, -0.15) is 0 Å². The Balaban J connectivity index is 0.996. The van der Waals surface area contributed by atoms with Gasteiger partial charge in [-0.3, -0.25) is 0 Å². The molecule has 1 aromatic heterocycles. The topological polar surface area (TPSA) is 8.17 Å². The summed E-state index contributed by atoms with van der Waals surface area (Å²) < 4.78 is 2.37. The smallest absolute Gasteiger partial charge is 0.0541 e. The van der Waals surface area contributed by atoms with Gasteiger partial charge in [0.05, 0.1) is 11.0 Å².